The van der Waals surface area contributed by atoms with Crippen LogP contribution < -0.4 is 0 Å². The number of nitrogens with zero attached hydrogens (tertiary/aromatic N) is 3. The van der Waals surface area contributed by atoms with Crippen LogP contribution in [-0.4, -0.2) is 19.6 Å². The first-order chi connectivity index (χ1) is 32.7. The molecule has 0 saturated heterocycles. The summed E-state index contributed by atoms with van der Waals surface area (Å²) in [6.45, 7) is 23.4. The number of benzene rings is 6. The molecule has 0 aliphatic heterocycles. The zero-order valence-corrected chi connectivity index (χ0v) is 40.3. The second-order valence-corrected chi connectivity index (χ2v) is 19.8. The van der Waals surface area contributed by atoms with Crippen LogP contribution in [0.25, 0.3) is 72.7 Å². The van der Waals surface area contributed by atoms with Crippen LogP contribution in [-0.2, 0) is 43.7 Å². The molecule has 4 nitrogen and oxygen atoms in total. The minimum Gasteiger partial charge on any atom is -0.507 e. The number of aromatic nitrogens is 3. The number of phenolic OH excluding ortho intramolecular Hbond substituents is 1. The fraction of sp³-hybridized carbons (Fsp3) is 0.276. The molecule has 0 bridgehead atoms. The number of fused-ring (bicyclic) bond motifs is 1. The van der Waals surface area contributed by atoms with Crippen LogP contribution >= 0.6 is 0 Å². The Labute approximate surface area is 401 Å². The first kappa shape index (κ1) is 35.8. The number of phenols is 1. The molecular weight excluding hydrogens is 950 g/mol. The molecule has 8 aromatic rings. The number of para-hydroxylation sites is 1. The summed E-state index contributed by atoms with van der Waals surface area (Å²) in [6, 6.07) is 30.6. The van der Waals surface area contributed by atoms with E-state index in [9.17, 15) is 6.48 Å². The Bertz CT molecular complexity index is 3350. The molecule has 0 fully saturated rings. The van der Waals surface area contributed by atoms with E-state index in [0.29, 0.717) is 39.5 Å². The third-order valence-electron chi connectivity index (χ3n) is 11.4. The van der Waals surface area contributed by atoms with E-state index in [1.54, 1.807) is 0 Å². The van der Waals surface area contributed by atoms with Gasteiger partial charge in [0, 0.05) is 44.2 Å². The predicted octanol–water partition coefficient (Wildman–Crippen LogP) is 15.3. The van der Waals surface area contributed by atoms with Crippen LogP contribution in [0.3, 0.4) is 0 Å². The van der Waals surface area contributed by atoms with Crippen LogP contribution in [0.2, 0.25) is 0 Å². The third-order valence-corrected chi connectivity index (χ3v) is 11.4. The molecule has 5 heteroatoms. The van der Waals surface area contributed by atoms with E-state index < -0.39 is 53.3 Å². The van der Waals surface area contributed by atoms with E-state index in [2.05, 4.69) is 146 Å². The van der Waals surface area contributed by atoms with Crippen LogP contribution in [0.4, 0.5) is 0 Å². The maximum absolute atomic E-state index is 12.5. The van der Waals surface area contributed by atoms with Gasteiger partial charge < -0.3 is 5.11 Å². The Hall–Kier alpha value is -5.57. The zero-order valence-electron chi connectivity index (χ0n) is 46.0. The molecule has 0 unspecified atom stereocenters. The normalized spacial score (nSPS) is 14.0. The number of aromatic hydroxyl groups is 1. The van der Waals surface area contributed by atoms with Crippen LogP contribution in [0.1, 0.15) is 109 Å². The fourth-order valence-electron chi connectivity index (χ4n) is 8.02. The van der Waals surface area contributed by atoms with E-state index in [4.69, 9.17) is 14.6 Å². The minimum atomic E-state index is -0.605. The van der Waals surface area contributed by atoms with Gasteiger partial charge in [0.25, 0.3) is 0 Å². The second-order valence-electron chi connectivity index (χ2n) is 19.8. The summed E-state index contributed by atoms with van der Waals surface area (Å²) >= 11 is 0. The number of imidazole rings is 1. The van der Waals surface area contributed by atoms with Crippen molar-refractivity contribution in [2.45, 2.75) is 98.8 Å². The topological polar surface area (TPSA) is 50.9 Å². The van der Waals surface area contributed by atoms with E-state index in [-0.39, 0.29) is 55.1 Å². The zero-order chi connectivity index (χ0) is 51.1. The average Bonchev–Trinajstić information content (AvgIpc) is 3.68. The Kier molecular flexibility index (Phi) is 9.98. The molecule has 1 N–H and O–H groups in total. The van der Waals surface area contributed by atoms with Crippen LogP contribution in [0.15, 0.2) is 139 Å². The number of pyridine rings is 1. The van der Waals surface area contributed by atoms with Gasteiger partial charge >= 0.3 is 0 Å². The van der Waals surface area contributed by atoms with Crippen molar-refractivity contribution in [2.24, 2.45) is 5.92 Å². The Morgan fingerprint density at radius 1 is 0.667 bits per heavy atom. The van der Waals surface area contributed by atoms with Gasteiger partial charge in [-0.3, -0.25) is 9.55 Å². The van der Waals surface area contributed by atoms with Crippen molar-refractivity contribution in [1.82, 2.24) is 14.5 Å². The summed E-state index contributed by atoms with van der Waals surface area (Å²) in [4.78, 5) is 9.98. The summed E-state index contributed by atoms with van der Waals surface area (Å²) < 4.78 is 71.7. The van der Waals surface area contributed by atoms with Crippen molar-refractivity contribution < 1.29 is 37.1 Å². The molecule has 2 heterocycles. The second kappa shape index (κ2) is 17.5. The molecule has 8 rings (SSSR count). The van der Waals surface area contributed by atoms with E-state index in [1.165, 1.54) is 5.56 Å². The quantitative estimate of drug-likeness (QED) is 0.154. The molecule has 0 amide bonds. The number of hydrogen-bond acceptors (Lipinski definition) is 3. The van der Waals surface area contributed by atoms with E-state index in [1.807, 2.05) is 36.4 Å². The molecule has 0 spiro atoms. The molecule has 0 aliphatic carbocycles. The van der Waals surface area contributed by atoms with Crippen LogP contribution in [0.5, 0.6) is 5.75 Å². The van der Waals surface area contributed by atoms with Crippen molar-refractivity contribution in [3.63, 3.8) is 0 Å². The van der Waals surface area contributed by atoms with Gasteiger partial charge in [-0.05, 0) is 92.3 Å². The van der Waals surface area contributed by atoms with Gasteiger partial charge in [0.1, 0.15) is 11.6 Å². The monoisotopic (exact) mass is 1020 g/mol. The van der Waals surface area contributed by atoms with E-state index >= 15 is 0 Å². The van der Waals surface area contributed by atoms with Crippen molar-refractivity contribution in [1.29, 1.82) is 0 Å². The smallest absolute Gasteiger partial charge is 0.148 e. The number of hydrogen-bond donors (Lipinski definition) is 1. The largest absolute Gasteiger partial charge is 0.507 e. The predicted molar refractivity (Wildman–Crippen MR) is 261 cm³/mol. The first-order valence-electron chi connectivity index (χ1n) is 25.4. The minimum absolute atomic E-state index is 0. The van der Waals surface area contributed by atoms with Crippen molar-refractivity contribution in [3.05, 3.63) is 168 Å². The van der Waals surface area contributed by atoms with Gasteiger partial charge in [-0.1, -0.05) is 178 Å². The molecule has 0 radical (unpaired) electrons. The maximum Gasteiger partial charge on any atom is 0.148 e. The average molecular weight is 1020 g/mol. The summed E-state index contributed by atoms with van der Waals surface area (Å²) in [7, 11) is 0. The molecule has 324 valence electrons. The SMILES string of the molecule is [2H]c1nc(-c2[c-]c(-c3cccc4c3nc(-c3cc(C(C)(C)C)cc(C(C)(C)C)c3O)n4-c3ccc(-c4ccccc4)c(CC(C)C)c3)cc(C(C)(C)C)c2)c([2H])c(-c2c([2H])c([2H])c([2H])c([2H])c2[2H])c1[2H].[Pt]. The maximum atomic E-state index is 12.5. The summed E-state index contributed by atoms with van der Waals surface area (Å²) in [6.07, 6.45) is 0.309. The molecule has 0 saturated carbocycles. The number of rotatable bonds is 8. The molecule has 0 atom stereocenters. The Morgan fingerprint density at radius 3 is 2.02 bits per heavy atom. The Balaban J connectivity index is 0.00000741. The molecular formula is C58H60N3OPt-. The third kappa shape index (κ3) is 9.39. The van der Waals surface area contributed by atoms with Gasteiger partial charge in [0.05, 0.1) is 27.6 Å². The van der Waals surface area contributed by atoms with Gasteiger partial charge in [-0.25, -0.2) is 4.98 Å². The van der Waals surface area contributed by atoms with Crippen molar-refractivity contribution in [2.75, 3.05) is 0 Å². The van der Waals surface area contributed by atoms with Gasteiger partial charge in [-0.2, -0.15) is 0 Å². The summed E-state index contributed by atoms with van der Waals surface area (Å²) in [5.41, 5.74) is 8.88. The molecule has 6 aromatic carbocycles. The van der Waals surface area contributed by atoms with Crippen molar-refractivity contribution >= 4 is 11.0 Å². The first-order valence-corrected chi connectivity index (χ1v) is 21.4. The van der Waals surface area contributed by atoms with Crippen LogP contribution in [0, 0.1) is 12.0 Å². The van der Waals surface area contributed by atoms with E-state index in [0.717, 1.165) is 45.4 Å². The molecule has 0 aliphatic rings. The summed E-state index contributed by atoms with van der Waals surface area (Å²) in [5.74, 6) is 1.06. The molecule has 2 aromatic heterocycles. The van der Waals surface area contributed by atoms with Gasteiger partial charge in [0.2, 0.25) is 0 Å². The summed E-state index contributed by atoms with van der Waals surface area (Å²) in [5, 5.41) is 12.5. The Morgan fingerprint density at radius 2 is 1.35 bits per heavy atom. The fourth-order valence-corrected chi connectivity index (χ4v) is 8.02. The van der Waals surface area contributed by atoms with Gasteiger partial charge in [0.15, 0.2) is 0 Å². The van der Waals surface area contributed by atoms with Gasteiger partial charge in [-0.15, -0.1) is 29.3 Å². The standard InChI is InChI=1S/C58H60N3O.Pt/c1-37(2)29-41-33-46(25-26-47(41)39-21-16-13-17-22-39)61-52-24-18-23-48(53(52)60-55(61)49-35-45(57(6,7)8)36-50(54(49)62)58(9,10)11)42-30-43(32-44(31-42)56(3,4)5)51-34-40(27-28-59-51)38-19-14-12-15-20-38;/h12-28,31-37,62H,29H2,1-11H3;/q-1;/i12D,14D,15D,19D,20D,27D,28D,34D;. The molecule has 63 heavy (non-hydrogen) atoms. The van der Waals surface area contributed by atoms with Crippen molar-refractivity contribution in [3.8, 4) is 67.5 Å².